The van der Waals surface area contributed by atoms with Crippen LogP contribution in [0.2, 0.25) is 5.02 Å². The summed E-state index contributed by atoms with van der Waals surface area (Å²) < 4.78 is 42.6. The van der Waals surface area contributed by atoms with Crippen LogP contribution in [0.25, 0.3) is 0 Å². The molecule has 1 atom stereocenters. The van der Waals surface area contributed by atoms with Crippen LogP contribution in [0.4, 0.5) is 13.2 Å². The number of nitrogens with one attached hydrogen (secondary N) is 2. The fourth-order valence-corrected chi connectivity index (χ4v) is 1.90. The number of nitrogens with zero attached hydrogens (tertiary/aromatic N) is 1. The monoisotopic (exact) mass is 396 g/mol. The van der Waals surface area contributed by atoms with Crippen molar-refractivity contribution in [3.05, 3.63) is 22.8 Å². The van der Waals surface area contributed by atoms with Gasteiger partial charge in [-0.25, -0.2) is 4.98 Å². The van der Waals surface area contributed by atoms with E-state index in [0.717, 1.165) is 0 Å². The lowest BCUT2D eigenvalue weighted by atomic mass is 10.1. The van der Waals surface area contributed by atoms with Gasteiger partial charge in [0.2, 0.25) is 17.7 Å². The topological polar surface area (TPSA) is 106 Å². The zero-order valence-corrected chi connectivity index (χ0v) is 14.9. The molecule has 4 N–H and O–H groups in total. The molecule has 0 radical (unpaired) electrons. The average molecular weight is 397 g/mol. The van der Waals surface area contributed by atoms with Crippen LogP contribution < -0.4 is 21.1 Å². The van der Waals surface area contributed by atoms with Crippen LogP contribution in [0.5, 0.6) is 5.88 Å². The van der Waals surface area contributed by atoms with Gasteiger partial charge >= 0.3 is 6.18 Å². The number of rotatable bonds is 8. The Morgan fingerprint density at radius 1 is 1.35 bits per heavy atom. The lowest BCUT2D eigenvalue weighted by Crippen LogP contribution is -2.47. The number of hydrogen-bond donors (Lipinski definition) is 3. The Balaban J connectivity index is 2.34. The molecule has 0 saturated carbocycles. The Bertz CT molecular complexity index is 641. The maximum Gasteiger partial charge on any atom is 0.417 e. The van der Waals surface area contributed by atoms with Gasteiger partial charge in [-0.1, -0.05) is 25.4 Å². The third-order valence-corrected chi connectivity index (χ3v) is 3.51. The smallest absolute Gasteiger partial charge is 0.417 e. The molecule has 0 aliphatic carbocycles. The minimum atomic E-state index is -4.55. The molecule has 2 amide bonds. The van der Waals surface area contributed by atoms with Gasteiger partial charge in [-0.15, -0.1) is 0 Å². The molecule has 1 rings (SSSR count). The van der Waals surface area contributed by atoms with Crippen LogP contribution >= 0.6 is 11.6 Å². The molecule has 0 spiro atoms. The van der Waals surface area contributed by atoms with Gasteiger partial charge in [0.25, 0.3) is 0 Å². The second kappa shape index (κ2) is 9.58. The number of aromatic nitrogens is 1. The summed E-state index contributed by atoms with van der Waals surface area (Å²) >= 11 is 5.68. The van der Waals surface area contributed by atoms with E-state index in [1.807, 2.05) is 0 Å². The number of ether oxygens (including phenoxy) is 1. The standard InChI is InChI=1S/C15H20ClF3N4O3/c1-8(2)12(20)13(25)22-7-11(24)21-3-4-26-14-10(16)5-9(6-23-14)15(17,18)19/h5-6,8,12H,3-4,7,20H2,1-2H3,(H,21,24)(H,22,25)/t12-/m0/s1. The average Bonchev–Trinajstić information content (AvgIpc) is 2.55. The number of carbonyl (C=O) groups is 2. The van der Waals surface area contributed by atoms with Gasteiger partial charge in [0.15, 0.2) is 0 Å². The summed E-state index contributed by atoms with van der Waals surface area (Å²) in [5.41, 5.74) is 4.64. The SMILES string of the molecule is CC(C)[C@H](N)C(=O)NCC(=O)NCCOc1ncc(C(F)(F)F)cc1Cl. The van der Waals surface area contributed by atoms with Gasteiger partial charge in [-0.2, -0.15) is 13.2 Å². The van der Waals surface area contributed by atoms with Crippen LogP contribution in [0.1, 0.15) is 19.4 Å². The van der Waals surface area contributed by atoms with Gasteiger partial charge in [0, 0.05) is 6.20 Å². The third kappa shape index (κ3) is 7.04. The molecule has 0 aromatic carbocycles. The van der Waals surface area contributed by atoms with E-state index in [4.69, 9.17) is 22.1 Å². The quantitative estimate of drug-likeness (QED) is 0.575. The van der Waals surface area contributed by atoms with Crippen molar-refractivity contribution < 1.29 is 27.5 Å². The first-order valence-corrected chi connectivity index (χ1v) is 8.05. The van der Waals surface area contributed by atoms with E-state index in [1.165, 1.54) is 0 Å². The van der Waals surface area contributed by atoms with Crippen molar-refractivity contribution in [2.24, 2.45) is 11.7 Å². The van der Waals surface area contributed by atoms with Crippen LogP contribution in [-0.2, 0) is 15.8 Å². The van der Waals surface area contributed by atoms with Gasteiger partial charge in [0.1, 0.15) is 11.6 Å². The fourth-order valence-electron chi connectivity index (χ4n) is 1.68. The molecule has 146 valence electrons. The van der Waals surface area contributed by atoms with E-state index in [0.29, 0.717) is 12.3 Å². The zero-order valence-electron chi connectivity index (χ0n) is 14.2. The molecule has 11 heteroatoms. The van der Waals surface area contributed by atoms with E-state index in [-0.39, 0.29) is 36.5 Å². The summed E-state index contributed by atoms with van der Waals surface area (Å²) in [5, 5.41) is 4.57. The Kier molecular flexibility index (Phi) is 8.09. The first kappa shape index (κ1) is 22.0. The fraction of sp³-hybridized carbons (Fsp3) is 0.533. The van der Waals surface area contributed by atoms with Crippen LogP contribution in [0.15, 0.2) is 12.3 Å². The van der Waals surface area contributed by atoms with E-state index in [9.17, 15) is 22.8 Å². The molecule has 0 fully saturated rings. The maximum atomic E-state index is 12.5. The number of halogens is 4. The molecule has 0 bridgehead atoms. The molecule has 0 unspecified atom stereocenters. The number of hydrogen-bond acceptors (Lipinski definition) is 5. The Morgan fingerprint density at radius 3 is 2.54 bits per heavy atom. The van der Waals surface area contributed by atoms with Crippen LogP contribution in [0.3, 0.4) is 0 Å². The van der Waals surface area contributed by atoms with E-state index in [1.54, 1.807) is 13.8 Å². The largest absolute Gasteiger partial charge is 0.475 e. The number of pyridine rings is 1. The lowest BCUT2D eigenvalue weighted by Gasteiger charge is -2.15. The Morgan fingerprint density at radius 2 is 2.00 bits per heavy atom. The van der Waals surface area contributed by atoms with Crippen molar-refractivity contribution in [3.63, 3.8) is 0 Å². The summed E-state index contributed by atoms with van der Waals surface area (Å²) in [7, 11) is 0. The third-order valence-electron chi connectivity index (χ3n) is 3.24. The number of alkyl halides is 3. The zero-order chi connectivity index (χ0) is 19.9. The molecular formula is C15H20ClF3N4O3. The number of nitrogens with two attached hydrogens (primary N) is 1. The molecule has 0 aliphatic heterocycles. The summed E-state index contributed by atoms with van der Waals surface area (Å²) in [6.45, 7) is 3.29. The second-order valence-corrected chi connectivity index (χ2v) is 6.10. The number of carbonyl (C=O) groups excluding carboxylic acids is 2. The minimum Gasteiger partial charge on any atom is -0.475 e. The highest BCUT2D eigenvalue weighted by Crippen LogP contribution is 2.32. The first-order valence-electron chi connectivity index (χ1n) is 7.68. The summed E-state index contributed by atoms with van der Waals surface area (Å²) in [4.78, 5) is 26.7. The van der Waals surface area contributed by atoms with Crippen molar-refractivity contribution in [3.8, 4) is 5.88 Å². The lowest BCUT2D eigenvalue weighted by molar-refractivity contribution is -0.137. The van der Waals surface area contributed by atoms with Gasteiger partial charge in [0.05, 0.1) is 24.7 Å². The molecule has 1 aromatic heterocycles. The molecule has 0 saturated heterocycles. The predicted molar refractivity (Wildman–Crippen MR) is 88.6 cm³/mol. The maximum absolute atomic E-state index is 12.5. The Labute approximate surface area is 153 Å². The van der Waals surface area contributed by atoms with Gasteiger partial charge in [-0.05, 0) is 12.0 Å². The van der Waals surface area contributed by atoms with Crippen molar-refractivity contribution >= 4 is 23.4 Å². The molecule has 1 heterocycles. The highest BCUT2D eigenvalue weighted by atomic mass is 35.5. The molecule has 1 aromatic rings. The normalized spacial score (nSPS) is 12.6. The highest BCUT2D eigenvalue weighted by Gasteiger charge is 2.31. The Hall–Kier alpha value is -2.07. The van der Waals surface area contributed by atoms with Gasteiger partial charge in [-0.3, -0.25) is 9.59 Å². The van der Waals surface area contributed by atoms with E-state index in [2.05, 4.69) is 15.6 Å². The van der Waals surface area contributed by atoms with Crippen LogP contribution in [-0.4, -0.2) is 42.5 Å². The molecule has 0 aliphatic rings. The molecule has 26 heavy (non-hydrogen) atoms. The molecule has 7 nitrogen and oxygen atoms in total. The minimum absolute atomic E-state index is 0.0456. The van der Waals surface area contributed by atoms with E-state index >= 15 is 0 Å². The summed E-state index contributed by atoms with van der Waals surface area (Å²) in [6.07, 6.45) is -3.95. The van der Waals surface area contributed by atoms with E-state index < -0.39 is 29.6 Å². The second-order valence-electron chi connectivity index (χ2n) is 5.69. The summed E-state index contributed by atoms with van der Waals surface area (Å²) in [5.74, 6) is -1.14. The summed E-state index contributed by atoms with van der Waals surface area (Å²) in [6, 6.07) is -0.00491. The van der Waals surface area contributed by atoms with Crippen molar-refractivity contribution in [2.75, 3.05) is 19.7 Å². The van der Waals surface area contributed by atoms with Crippen LogP contribution in [0, 0.1) is 5.92 Å². The number of amides is 2. The van der Waals surface area contributed by atoms with Crippen molar-refractivity contribution in [1.29, 1.82) is 0 Å². The van der Waals surface area contributed by atoms with Crippen molar-refractivity contribution in [1.82, 2.24) is 15.6 Å². The molecular weight excluding hydrogens is 377 g/mol. The predicted octanol–water partition coefficient (Wildman–Crippen LogP) is 1.35. The first-order chi connectivity index (χ1) is 12.0. The van der Waals surface area contributed by atoms with Gasteiger partial charge < -0.3 is 21.1 Å². The highest BCUT2D eigenvalue weighted by molar-refractivity contribution is 6.31. The van der Waals surface area contributed by atoms with Crippen molar-refractivity contribution in [2.45, 2.75) is 26.1 Å².